The summed E-state index contributed by atoms with van der Waals surface area (Å²) < 4.78 is 15.2. The van der Waals surface area contributed by atoms with E-state index in [1.54, 1.807) is 0 Å². The summed E-state index contributed by atoms with van der Waals surface area (Å²) >= 11 is 0. The highest BCUT2D eigenvalue weighted by atomic mass is 16.3. The fourth-order valence-electron chi connectivity index (χ4n) is 7.29. The lowest BCUT2D eigenvalue weighted by atomic mass is 9.98. The molecule has 0 aliphatic heterocycles. The van der Waals surface area contributed by atoms with Gasteiger partial charge in [-0.25, -0.2) is 0 Å². The first kappa shape index (κ1) is 25.7. The second-order valence-electron chi connectivity index (χ2n) is 12.0. The van der Waals surface area contributed by atoms with E-state index in [1.807, 2.05) is 30.3 Å². The average Bonchev–Trinajstić information content (AvgIpc) is 3.80. The van der Waals surface area contributed by atoms with E-state index in [2.05, 4.69) is 126 Å². The van der Waals surface area contributed by atoms with Crippen LogP contribution >= 0.6 is 0 Å². The van der Waals surface area contributed by atoms with E-state index in [9.17, 15) is 5.26 Å². The molecule has 3 aromatic heterocycles. The lowest BCUT2D eigenvalue weighted by molar-refractivity contribution is 0.663. The summed E-state index contributed by atoms with van der Waals surface area (Å²) in [5.41, 5.74) is 11.4. The van der Waals surface area contributed by atoms with Gasteiger partial charge in [0.05, 0.1) is 33.7 Å². The van der Waals surface area contributed by atoms with Gasteiger partial charge in [-0.05, 0) is 77.4 Å². The quantitative estimate of drug-likeness (QED) is 0.203. The summed E-state index contributed by atoms with van der Waals surface area (Å²) in [7, 11) is 0. The summed E-state index contributed by atoms with van der Waals surface area (Å²) in [5, 5.41) is 16.4. The molecule has 47 heavy (non-hydrogen) atoms. The van der Waals surface area contributed by atoms with Crippen LogP contribution in [0.4, 0.5) is 0 Å². The van der Waals surface area contributed by atoms with E-state index >= 15 is 0 Å². The second-order valence-corrected chi connectivity index (χ2v) is 12.0. The zero-order valence-electron chi connectivity index (χ0n) is 25.1. The van der Waals surface area contributed by atoms with Gasteiger partial charge >= 0.3 is 0 Å². The molecule has 0 bridgehead atoms. The van der Waals surface area contributed by atoms with Crippen molar-refractivity contribution in [3.05, 3.63) is 151 Å². The molecule has 0 atom stereocenters. The topological polar surface area (TPSA) is 55.0 Å². The van der Waals surface area contributed by atoms with Crippen LogP contribution in [0.1, 0.15) is 5.56 Å². The number of nitrogens with zero attached hydrogens (tertiary/aromatic N) is 2. The number of para-hydroxylation sites is 2. The Morgan fingerprint density at radius 2 is 1.13 bits per heavy atom. The largest absolute Gasteiger partial charge is 0.456 e. The Balaban J connectivity index is 1.23. The summed E-state index contributed by atoms with van der Waals surface area (Å²) in [6.07, 6.45) is 0. The van der Waals surface area contributed by atoms with Crippen LogP contribution in [0, 0.1) is 11.3 Å². The molecule has 0 fully saturated rings. The molecule has 0 N–H and O–H groups in total. The van der Waals surface area contributed by atoms with Gasteiger partial charge in [-0.2, -0.15) is 5.26 Å². The van der Waals surface area contributed by atoms with E-state index in [0.29, 0.717) is 5.56 Å². The molecular formula is C43H24N2O2. The maximum atomic E-state index is 9.94. The molecule has 0 saturated carbocycles. The monoisotopic (exact) mass is 600 g/mol. The summed E-state index contributed by atoms with van der Waals surface area (Å²) in [6, 6.07) is 52.5. The second kappa shape index (κ2) is 9.71. The molecule has 4 nitrogen and oxygen atoms in total. The lowest BCUT2D eigenvalue weighted by Crippen LogP contribution is -1.98. The molecule has 4 heteroatoms. The maximum absolute atomic E-state index is 9.94. The van der Waals surface area contributed by atoms with Crippen LogP contribution in [0.5, 0.6) is 0 Å². The van der Waals surface area contributed by atoms with Gasteiger partial charge in [0.25, 0.3) is 0 Å². The van der Waals surface area contributed by atoms with Gasteiger partial charge in [0.1, 0.15) is 22.3 Å². The number of aromatic nitrogens is 1. The van der Waals surface area contributed by atoms with Crippen molar-refractivity contribution >= 4 is 65.7 Å². The number of nitriles is 1. The van der Waals surface area contributed by atoms with Crippen LogP contribution in [0.15, 0.2) is 154 Å². The van der Waals surface area contributed by atoms with E-state index in [4.69, 9.17) is 8.83 Å². The minimum Gasteiger partial charge on any atom is -0.456 e. The number of fused-ring (bicyclic) bond motifs is 10. The molecule has 0 spiro atoms. The van der Waals surface area contributed by atoms with Crippen LogP contribution in [-0.2, 0) is 0 Å². The first-order valence-electron chi connectivity index (χ1n) is 15.7. The van der Waals surface area contributed by atoms with Crippen LogP contribution in [-0.4, -0.2) is 4.57 Å². The normalized spacial score (nSPS) is 11.8. The maximum Gasteiger partial charge on any atom is 0.147 e. The van der Waals surface area contributed by atoms with Gasteiger partial charge in [0.2, 0.25) is 0 Å². The number of furan rings is 2. The van der Waals surface area contributed by atoms with Crippen molar-refractivity contribution in [1.29, 1.82) is 5.26 Å². The highest BCUT2D eigenvalue weighted by Crippen LogP contribution is 2.43. The van der Waals surface area contributed by atoms with Crippen molar-refractivity contribution in [3.8, 4) is 34.0 Å². The third-order valence-corrected chi connectivity index (χ3v) is 9.44. The Morgan fingerprint density at radius 1 is 0.468 bits per heavy atom. The molecule has 0 saturated heterocycles. The Bertz CT molecular complexity index is 2860. The molecule has 0 aliphatic rings. The Labute approximate surface area is 268 Å². The fourth-order valence-corrected chi connectivity index (χ4v) is 7.29. The van der Waals surface area contributed by atoms with E-state index in [0.717, 1.165) is 77.3 Å². The summed E-state index contributed by atoms with van der Waals surface area (Å²) in [4.78, 5) is 0. The Hall–Kier alpha value is -6.57. The van der Waals surface area contributed by atoms with Crippen molar-refractivity contribution in [2.75, 3.05) is 0 Å². The van der Waals surface area contributed by atoms with Gasteiger partial charge in [-0.3, -0.25) is 0 Å². The predicted molar refractivity (Wildman–Crippen MR) is 191 cm³/mol. The molecule has 0 radical (unpaired) electrons. The zero-order valence-corrected chi connectivity index (χ0v) is 25.1. The minimum atomic E-state index is 0.610. The van der Waals surface area contributed by atoms with Crippen LogP contribution in [0.2, 0.25) is 0 Å². The molecule has 3 heterocycles. The Morgan fingerprint density at radius 3 is 1.89 bits per heavy atom. The molecule has 0 unspecified atom stereocenters. The first-order chi connectivity index (χ1) is 23.2. The van der Waals surface area contributed by atoms with Crippen molar-refractivity contribution in [2.45, 2.75) is 0 Å². The van der Waals surface area contributed by atoms with Crippen molar-refractivity contribution in [1.82, 2.24) is 4.57 Å². The first-order valence-corrected chi connectivity index (χ1v) is 15.7. The predicted octanol–water partition coefficient (Wildman–Crippen LogP) is 11.8. The zero-order chi connectivity index (χ0) is 31.1. The highest BCUT2D eigenvalue weighted by molar-refractivity contribution is 6.22. The number of hydrogen-bond acceptors (Lipinski definition) is 3. The van der Waals surface area contributed by atoms with Gasteiger partial charge in [0, 0.05) is 32.5 Å². The SMILES string of the molecule is N#Cc1ccc(-c2ccc3oc4ccc5c6cc(-c7ccccc7)ccc6oc5c4c3c2)c(-n2c3ccccc3c3ccccc32)c1. The van der Waals surface area contributed by atoms with Crippen molar-refractivity contribution in [2.24, 2.45) is 0 Å². The van der Waals surface area contributed by atoms with Crippen molar-refractivity contribution < 1.29 is 8.83 Å². The molecular weight excluding hydrogens is 576 g/mol. The molecule has 7 aromatic carbocycles. The molecule has 0 amide bonds. The number of hydrogen-bond donors (Lipinski definition) is 0. The van der Waals surface area contributed by atoms with E-state index < -0.39 is 0 Å². The molecule has 10 aromatic rings. The third-order valence-electron chi connectivity index (χ3n) is 9.44. The lowest BCUT2D eigenvalue weighted by Gasteiger charge is -2.15. The van der Waals surface area contributed by atoms with E-state index in [-0.39, 0.29) is 0 Å². The van der Waals surface area contributed by atoms with Gasteiger partial charge in [0.15, 0.2) is 0 Å². The molecule has 10 rings (SSSR count). The summed E-state index contributed by atoms with van der Waals surface area (Å²) in [6.45, 7) is 0. The van der Waals surface area contributed by atoms with Crippen LogP contribution in [0.25, 0.3) is 93.6 Å². The van der Waals surface area contributed by atoms with Gasteiger partial charge in [-0.15, -0.1) is 0 Å². The average molecular weight is 601 g/mol. The molecule has 0 aliphatic carbocycles. The van der Waals surface area contributed by atoms with Crippen molar-refractivity contribution in [3.63, 3.8) is 0 Å². The van der Waals surface area contributed by atoms with Gasteiger partial charge < -0.3 is 13.4 Å². The number of rotatable bonds is 3. The highest BCUT2D eigenvalue weighted by Gasteiger charge is 2.20. The minimum absolute atomic E-state index is 0.610. The standard InChI is InChI=1S/C43H24N2O2/c44-25-26-14-17-30(38(22-26)45-36-12-6-4-10-31(36)32-11-5-7-13-37(32)45)29-16-20-40-35(24-29)42-41(46-40)21-18-33-34-23-28(27-8-2-1-3-9-27)15-19-39(34)47-43(33)42/h1-24H. The van der Waals surface area contributed by atoms with Gasteiger partial charge in [-0.1, -0.05) is 84.9 Å². The van der Waals surface area contributed by atoms with Crippen LogP contribution in [0.3, 0.4) is 0 Å². The third kappa shape index (κ3) is 3.75. The number of benzene rings is 7. The Kier molecular flexibility index (Phi) is 5.32. The smallest absolute Gasteiger partial charge is 0.147 e. The van der Waals surface area contributed by atoms with E-state index in [1.165, 1.54) is 16.3 Å². The fraction of sp³-hybridized carbons (Fsp3) is 0. The van der Waals surface area contributed by atoms with Crippen LogP contribution < -0.4 is 0 Å². The molecule has 218 valence electrons. The summed E-state index contributed by atoms with van der Waals surface area (Å²) in [5.74, 6) is 0.